The molecule has 2 saturated carbocycles. The van der Waals surface area contributed by atoms with Crippen molar-refractivity contribution >= 4 is 6.72 Å². The molecule has 0 amide bonds. The molecule has 0 radical (unpaired) electrons. The van der Waals surface area contributed by atoms with Crippen molar-refractivity contribution in [1.82, 2.24) is 0 Å². The zero-order valence-corrected chi connectivity index (χ0v) is 10.9. The Kier molecular flexibility index (Phi) is 4.05. The van der Waals surface area contributed by atoms with Crippen LogP contribution in [0.15, 0.2) is 4.99 Å². The maximum Gasteiger partial charge on any atom is 0.0492 e. The molecule has 2 atom stereocenters. The molecule has 0 aromatic heterocycles. The molecule has 2 aliphatic rings. The second-order valence-corrected chi connectivity index (χ2v) is 6.26. The fraction of sp³-hybridized carbons (Fsp3) is 0.933. The SMILES string of the molecule is C=NC1CCCC(C)(C2CCCCC2)CC1. The van der Waals surface area contributed by atoms with Crippen LogP contribution in [0.2, 0.25) is 0 Å². The van der Waals surface area contributed by atoms with Gasteiger partial charge in [0.25, 0.3) is 0 Å². The van der Waals surface area contributed by atoms with E-state index in [2.05, 4.69) is 18.6 Å². The summed E-state index contributed by atoms with van der Waals surface area (Å²) in [5.41, 5.74) is 0.625. The molecule has 0 heterocycles. The van der Waals surface area contributed by atoms with Crippen LogP contribution in [0.5, 0.6) is 0 Å². The monoisotopic (exact) mass is 221 g/mol. The smallest absolute Gasteiger partial charge is 0.0492 e. The largest absolute Gasteiger partial charge is 0.298 e. The lowest BCUT2D eigenvalue weighted by Crippen LogP contribution is -2.28. The summed E-state index contributed by atoms with van der Waals surface area (Å²) in [4.78, 5) is 4.27. The number of nitrogens with zero attached hydrogens (tertiary/aromatic N) is 1. The van der Waals surface area contributed by atoms with Gasteiger partial charge in [0.15, 0.2) is 0 Å². The molecule has 16 heavy (non-hydrogen) atoms. The normalized spacial score (nSPS) is 37.9. The van der Waals surface area contributed by atoms with Gasteiger partial charge in [0.05, 0.1) is 0 Å². The lowest BCUT2D eigenvalue weighted by Gasteiger charge is -2.39. The van der Waals surface area contributed by atoms with Gasteiger partial charge >= 0.3 is 0 Å². The van der Waals surface area contributed by atoms with E-state index in [0.717, 1.165) is 5.92 Å². The molecule has 1 nitrogen and oxygen atoms in total. The maximum absolute atomic E-state index is 4.27. The summed E-state index contributed by atoms with van der Waals surface area (Å²) in [7, 11) is 0. The average molecular weight is 221 g/mol. The molecule has 0 N–H and O–H groups in total. The summed E-state index contributed by atoms with van der Waals surface area (Å²) in [6, 6.07) is 0.561. The summed E-state index contributed by atoms with van der Waals surface area (Å²) in [6.07, 6.45) is 14.2. The van der Waals surface area contributed by atoms with Crippen molar-refractivity contribution in [1.29, 1.82) is 0 Å². The molecule has 2 rings (SSSR count). The molecule has 0 aromatic rings. The Morgan fingerprint density at radius 3 is 2.38 bits per heavy atom. The first-order chi connectivity index (χ1) is 7.74. The summed E-state index contributed by atoms with van der Waals surface area (Å²) >= 11 is 0. The van der Waals surface area contributed by atoms with E-state index in [1.54, 1.807) is 0 Å². The van der Waals surface area contributed by atoms with Crippen LogP contribution in [0, 0.1) is 11.3 Å². The lowest BCUT2D eigenvalue weighted by atomic mass is 9.66. The summed E-state index contributed by atoms with van der Waals surface area (Å²) in [5, 5.41) is 0. The molecule has 1 heteroatoms. The first kappa shape index (κ1) is 12.1. The van der Waals surface area contributed by atoms with E-state index in [0.29, 0.717) is 11.5 Å². The van der Waals surface area contributed by atoms with Crippen molar-refractivity contribution in [2.45, 2.75) is 77.2 Å². The van der Waals surface area contributed by atoms with Crippen molar-refractivity contribution in [3.63, 3.8) is 0 Å². The summed E-state index contributed by atoms with van der Waals surface area (Å²) in [6.45, 7) is 6.29. The highest BCUT2D eigenvalue weighted by atomic mass is 14.7. The van der Waals surface area contributed by atoms with Crippen LogP contribution in [-0.2, 0) is 0 Å². The van der Waals surface area contributed by atoms with Crippen molar-refractivity contribution in [3.8, 4) is 0 Å². The highest BCUT2D eigenvalue weighted by Gasteiger charge is 2.36. The van der Waals surface area contributed by atoms with Gasteiger partial charge in [-0.1, -0.05) is 32.6 Å². The van der Waals surface area contributed by atoms with Gasteiger partial charge in [0.2, 0.25) is 0 Å². The fourth-order valence-electron chi connectivity index (χ4n) is 3.90. The molecule has 92 valence electrons. The van der Waals surface area contributed by atoms with E-state index in [-0.39, 0.29) is 0 Å². The first-order valence-corrected chi connectivity index (χ1v) is 7.20. The Morgan fingerprint density at radius 2 is 1.69 bits per heavy atom. The van der Waals surface area contributed by atoms with Gasteiger partial charge in [-0.25, -0.2) is 0 Å². The molecule has 0 spiro atoms. The van der Waals surface area contributed by atoms with Gasteiger partial charge in [0.1, 0.15) is 0 Å². The van der Waals surface area contributed by atoms with Crippen molar-refractivity contribution < 1.29 is 0 Å². The minimum Gasteiger partial charge on any atom is -0.298 e. The quantitative estimate of drug-likeness (QED) is 0.477. The number of aliphatic imine (C=N–C) groups is 1. The van der Waals surface area contributed by atoms with Crippen LogP contribution in [0.1, 0.15) is 71.1 Å². The van der Waals surface area contributed by atoms with E-state index in [9.17, 15) is 0 Å². The molecule has 0 aliphatic heterocycles. The van der Waals surface area contributed by atoms with Crippen molar-refractivity contribution in [2.24, 2.45) is 16.3 Å². The molecule has 0 saturated heterocycles. The maximum atomic E-state index is 4.27. The van der Waals surface area contributed by atoms with Gasteiger partial charge in [-0.15, -0.1) is 0 Å². The van der Waals surface area contributed by atoms with E-state index in [1.165, 1.54) is 64.2 Å². The van der Waals surface area contributed by atoms with Crippen LogP contribution >= 0.6 is 0 Å². The molecular formula is C15H27N. The zero-order valence-electron chi connectivity index (χ0n) is 10.9. The van der Waals surface area contributed by atoms with Crippen LogP contribution < -0.4 is 0 Å². The third-order valence-corrected chi connectivity index (χ3v) is 5.18. The van der Waals surface area contributed by atoms with Crippen LogP contribution in [0.25, 0.3) is 0 Å². The average Bonchev–Trinajstić information content (AvgIpc) is 2.53. The van der Waals surface area contributed by atoms with E-state index in [1.807, 2.05) is 0 Å². The van der Waals surface area contributed by atoms with Gasteiger partial charge in [-0.05, 0) is 56.6 Å². The predicted octanol–water partition coefficient (Wildman–Crippen LogP) is 4.61. The Morgan fingerprint density at radius 1 is 0.938 bits per heavy atom. The second kappa shape index (κ2) is 5.33. The number of hydrogen-bond acceptors (Lipinski definition) is 1. The minimum atomic E-state index is 0.561. The molecule has 2 aliphatic carbocycles. The lowest BCUT2D eigenvalue weighted by molar-refractivity contribution is 0.115. The van der Waals surface area contributed by atoms with E-state index in [4.69, 9.17) is 0 Å². The van der Waals surface area contributed by atoms with Gasteiger partial charge in [-0.2, -0.15) is 0 Å². The van der Waals surface area contributed by atoms with Crippen molar-refractivity contribution in [2.75, 3.05) is 0 Å². The zero-order chi connectivity index (χ0) is 11.4. The molecule has 0 aromatic carbocycles. The second-order valence-electron chi connectivity index (χ2n) is 6.26. The minimum absolute atomic E-state index is 0.561. The highest BCUT2D eigenvalue weighted by molar-refractivity contribution is 5.24. The molecule has 2 unspecified atom stereocenters. The van der Waals surface area contributed by atoms with E-state index < -0.39 is 0 Å². The fourth-order valence-corrected chi connectivity index (χ4v) is 3.90. The van der Waals surface area contributed by atoms with Gasteiger partial charge < -0.3 is 0 Å². The standard InChI is InChI=1S/C15H27N/c1-15(13-7-4-3-5-8-13)11-6-9-14(16-2)10-12-15/h13-14H,2-12H2,1H3. The van der Waals surface area contributed by atoms with Gasteiger partial charge in [0, 0.05) is 6.04 Å². The first-order valence-electron chi connectivity index (χ1n) is 7.20. The number of hydrogen-bond donors (Lipinski definition) is 0. The van der Waals surface area contributed by atoms with E-state index >= 15 is 0 Å². The van der Waals surface area contributed by atoms with Crippen LogP contribution in [0.3, 0.4) is 0 Å². The summed E-state index contributed by atoms with van der Waals surface area (Å²) in [5.74, 6) is 1.00. The highest BCUT2D eigenvalue weighted by Crippen LogP contribution is 2.47. The summed E-state index contributed by atoms with van der Waals surface area (Å²) < 4.78 is 0. The Hall–Kier alpha value is -0.330. The third-order valence-electron chi connectivity index (χ3n) is 5.18. The molecule has 2 fully saturated rings. The van der Waals surface area contributed by atoms with Gasteiger partial charge in [-0.3, -0.25) is 4.99 Å². The Balaban J connectivity index is 1.97. The third kappa shape index (κ3) is 2.67. The van der Waals surface area contributed by atoms with Crippen molar-refractivity contribution in [3.05, 3.63) is 0 Å². The Labute approximate surface area is 101 Å². The predicted molar refractivity (Wildman–Crippen MR) is 71.1 cm³/mol. The Bertz CT molecular complexity index is 230. The topological polar surface area (TPSA) is 12.4 Å². The number of rotatable bonds is 2. The van der Waals surface area contributed by atoms with Crippen LogP contribution in [0.4, 0.5) is 0 Å². The molecule has 0 bridgehead atoms. The van der Waals surface area contributed by atoms with Crippen LogP contribution in [-0.4, -0.2) is 12.8 Å². The molecular weight excluding hydrogens is 194 g/mol.